The second-order valence-corrected chi connectivity index (χ2v) is 17.8. The molecule has 0 aromatic carbocycles. The van der Waals surface area contributed by atoms with Crippen LogP contribution in [-0.4, -0.2) is 98.7 Å². The van der Waals surface area contributed by atoms with E-state index in [2.05, 4.69) is 31.3 Å². The Morgan fingerprint density at radius 3 is 1.45 bits per heavy atom. The normalized spacial score (nSPS) is 21.2. The molecule has 1 saturated heterocycles. The predicted molar refractivity (Wildman–Crippen MR) is 246 cm³/mol. The number of nitrogens with one attached hydrogen (secondary N) is 1. The van der Waals surface area contributed by atoms with E-state index >= 15 is 0 Å². The maximum Gasteiger partial charge on any atom is 0.249 e. The Bertz CT molecular complexity index is 1010. The third-order valence-corrected chi connectivity index (χ3v) is 12.1. The van der Waals surface area contributed by atoms with Gasteiger partial charge in [-0.2, -0.15) is 0 Å². The molecular formula is C50H95NO9. The van der Waals surface area contributed by atoms with E-state index in [9.17, 15) is 35.4 Å². The lowest BCUT2D eigenvalue weighted by molar-refractivity contribution is -0.302. The van der Waals surface area contributed by atoms with E-state index in [1.807, 2.05) is 6.08 Å². The van der Waals surface area contributed by atoms with Gasteiger partial charge in [0.05, 0.1) is 25.4 Å². The summed E-state index contributed by atoms with van der Waals surface area (Å²) in [5, 5.41) is 64.8. The molecule has 0 bridgehead atoms. The summed E-state index contributed by atoms with van der Waals surface area (Å²) in [6, 6.07) is -0.993. The second-order valence-electron chi connectivity index (χ2n) is 17.8. The van der Waals surface area contributed by atoms with Crippen molar-refractivity contribution < 1.29 is 44.9 Å². The number of unbranched alkanes of at least 4 members (excludes halogenated alkanes) is 29. The number of carbonyl (C=O) groups excluding carboxylic acids is 1. The smallest absolute Gasteiger partial charge is 0.249 e. The average molecular weight is 854 g/mol. The van der Waals surface area contributed by atoms with E-state index in [1.165, 1.54) is 161 Å². The van der Waals surface area contributed by atoms with Gasteiger partial charge >= 0.3 is 0 Å². The van der Waals surface area contributed by atoms with Crippen molar-refractivity contribution in [2.75, 3.05) is 13.2 Å². The number of allylic oxidation sites excluding steroid dienone is 3. The molecule has 0 spiro atoms. The lowest BCUT2D eigenvalue weighted by Crippen LogP contribution is -2.60. The third-order valence-electron chi connectivity index (χ3n) is 12.1. The number of ether oxygens (including phenoxy) is 2. The van der Waals surface area contributed by atoms with Crippen LogP contribution in [-0.2, 0) is 14.3 Å². The summed E-state index contributed by atoms with van der Waals surface area (Å²) in [6.45, 7) is 3.61. The van der Waals surface area contributed by atoms with Crippen molar-refractivity contribution in [3.05, 3.63) is 24.3 Å². The van der Waals surface area contributed by atoms with Gasteiger partial charge < -0.3 is 45.4 Å². The van der Waals surface area contributed by atoms with Gasteiger partial charge in [0.25, 0.3) is 0 Å². The first-order valence-electron chi connectivity index (χ1n) is 25.2. The second kappa shape index (κ2) is 40.4. The van der Waals surface area contributed by atoms with Gasteiger partial charge in [0.1, 0.15) is 30.5 Å². The number of aliphatic hydroxyl groups is 6. The van der Waals surface area contributed by atoms with Crippen LogP contribution in [0.5, 0.6) is 0 Å². The Morgan fingerprint density at radius 2 is 0.983 bits per heavy atom. The highest BCUT2D eigenvalue weighted by Gasteiger charge is 2.44. The largest absolute Gasteiger partial charge is 0.394 e. The Kier molecular flexibility index (Phi) is 38.1. The van der Waals surface area contributed by atoms with Gasteiger partial charge in [-0.25, -0.2) is 0 Å². The first-order chi connectivity index (χ1) is 29.3. The molecule has 1 amide bonds. The van der Waals surface area contributed by atoms with Crippen LogP contribution in [0, 0.1) is 0 Å². The zero-order valence-electron chi connectivity index (χ0n) is 38.6. The molecule has 8 unspecified atom stereocenters. The molecule has 0 aromatic heterocycles. The predicted octanol–water partition coefficient (Wildman–Crippen LogP) is 10.0. The van der Waals surface area contributed by atoms with Crippen LogP contribution < -0.4 is 5.32 Å². The van der Waals surface area contributed by atoms with Crippen LogP contribution in [0.3, 0.4) is 0 Å². The van der Waals surface area contributed by atoms with Gasteiger partial charge in [-0.05, 0) is 32.1 Å². The highest BCUT2D eigenvalue weighted by Crippen LogP contribution is 2.23. The van der Waals surface area contributed by atoms with E-state index in [1.54, 1.807) is 6.08 Å². The summed E-state index contributed by atoms with van der Waals surface area (Å²) in [5.74, 6) is -0.623. The third kappa shape index (κ3) is 29.8. The molecule has 1 aliphatic heterocycles. The van der Waals surface area contributed by atoms with Crippen molar-refractivity contribution in [1.82, 2.24) is 5.32 Å². The van der Waals surface area contributed by atoms with Crippen LogP contribution >= 0.6 is 0 Å². The molecule has 354 valence electrons. The molecular weight excluding hydrogens is 759 g/mol. The molecule has 0 radical (unpaired) electrons. The Hall–Kier alpha value is -1.37. The Balaban J connectivity index is 2.38. The zero-order chi connectivity index (χ0) is 43.9. The van der Waals surface area contributed by atoms with Gasteiger partial charge in [0.2, 0.25) is 5.91 Å². The van der Waals surface area contributed by atoms with Crippen molar-refractivity contribution >= 4 is 5.91 Å². The maximum absolute atomic E-state index is 13.1. The molecule has 10 nitrogen and oxygen atoms in total. The number of hydrogen-bond acceptors (Lipinski definition) is 9. The van der Waals surface area contributed by atoms with Gasteiger partial charge in [0, 0.05) is 0 Å². The lowest BCUT2D eigenvalue weighted by Gasteiger charge is -2.40. The van der Waals surface area contributed by atoms with E-state index in [0.717, 1.165) is 32.1 Å². The fourth-order valence-corrected chi connectivity index (χ4v) is 8.00. The molecule has 1 heterocycles. The summed E-state index contributed by atoms with van der Waals surface area (Å²) in [7, 11) is 0. The van der Waals surface area contributed by atoms with Gasteiger partial charge in [-0.15, -0.1) is 0 Å². The summed E-state index contributed by atoms with van der Waals surface area (Å²) in [6.07, 6.45) is 38.4. The monoisotopic (exact) mass is 854 g/mol. The minimum absolute atomic E-state index is 0.308. The molecule has 1 aliphatic rings. The molecule has 0 aromatic rings. The Morgan fingerprint density at radius 1 is 0.567 bits per heavy atom. The maximum atomic E-state index is 13.1. The van der Waals surface area contributed by atoms with Crippen molar-refractivity contribution in [2.24, 2.45) is 0 Å². The highest BCUT2D eigenvalue weighted by atomic mass is 16.7. The fraction of sp³-hybridized carbons (Fsp3) is 0.900. The lowest BCUT2D eigenvalue weighted by atomic mass is 9.99. The number of aliphatic hydroxyl groups excluding tert-OH is 6. The molecule has 7 N–H and O–H groups in total. The summed E-state index contributed by atoms with van der Waals surface area (Å²) >= 11 is 0. The topological polar surface area (TPSA) is 169 Å². The fourth-order valence-electron chi connectivity index (χ4n) is 8.00. The van der Waals surface area contributed by atoms with Crippen LogP contribution in [0.1, 0.15) is 226 Å². The quantitative estimate of drug-likeness (QED) is 0.0233. The van der Waals surface area contributed by atoms with Crippen LogP contribution in [0.4, 0.5) is 0 Å². The standard InChI is InChI=1S/C50H95NO9/c1-3-5-7-9-11-13-15-17-19-21-23-25-27-29-31-33-35-37-39-44(54)49(58)51-42(41-59-50-48(57)47(56)46(55)45(40-52)60-50)43(53)38-36-34-32-30-28-26-24-22-20-18-16-14-12-10-8-6-4-2/h28,30,36,38,42-48,50,52-57H,3-27,29,31-35,37,39-41H2,1-2H3,(H,51,58)/b30-28+,38-36+. The van der Waals surface area contributed by atoms with Crippen molar-refractivity contribution in [2.45, 2.75) is 275 Å². The molecule has 8 atom stereocenters. The van der Waals surface area contributed by atoms with Crippen LogP contribution in [0.25, 0.3) is 0 Å². The van der Waals surface area contributed by atoms with E-state index < -0.39 is 61.5 Å². The van der Waals surface area contributed by atoms with E-state index in [0.29, 0.717) is 19.3 Å². The van der Waals surface area contributed by atoms with Gasteiger partial charge in [0.15, 0.2) is 6.29 Å². The number of amides is 1. The molecule has 60 heavy (non-hydrogen) atoms. The number of carbonyl (C=O) groups is 1. The summed E-state index contributed by atoms with van der Waals surface area (Å²) in [4.78, 5) is 13.1. The molecule has 1 rings (SSSR count). The average Bonchev–Trinajstić information content (AvgIpc) is 3.25. The van der Waals surface area contributed by atoms with E-state index in [4.69, 9.17) is 9.47 Å². The first kappa shape index (κ1) is 56.6. The molecule has 1 fully saturated rings. The molecule has 10 heteroatoms. The zero-order valence-corrected chi connectivity index (χ0v) is 38.6. The SMILES string of the molecule is CCCCCCCCCCCCC/C=C/CC/C=C/C(O)C(COC1OC(CO)C(O)C(O)C1O)NC(=O)C(O)CCCCCCCCCCCCCCCCCCCC. The van der Waals surface area contributed by atoms with Crippen LogP contribution in [0.2, 0.25) is 0 Å². The molecule has 0 saturated carbocycles. The minimum Gasteiger partial charge on any atom is -0.394 e. The van der Waals surface area contributed by atoms with E-state index in [-0.39, 0.29) is 6.61 Å². The van der Waals surface area contributed by atoms with Gasteiger partial charge in [-0.3, -0.25) is 4.79 Å². The van der Waals surface area contributed by atoms with Crippen molar-refractivity contribution in [1.29, 1.82) is 0 Å². The van der Waals surface area contributed by atoms with Crippen molar-refractivity contribution in [3.63, 3.8) is 0 Å². The number of rotatable bonds is 42. The first-order valence-corrected chi connectivity index (χ1v) is 25.2. The highest BCUT2D eigenvalue weighted by molar-refractivity contribution is 5.80. The molecule has 0 aliphatic carbocycles. The Labute approximate surface area is 367 Å². The summed E-state index contributed by atoms with van der Waals surface area (Å²) in [5.41, 5.74) is 0. The van der Waals surface area contributed by atoms with Crippen molar-refractivity contribution in [3.8, 4) is 0 Å². The number of hydrogen-bond donors (Lipinski definition) is 7. The minimum atomic E-state index is -1.61. The summed E-state index contributed by atoms with van der Waals surface area (Å²) < 4.78 is 11.1. The van der Waals surface area contributed by atoms with Gasteiger partial charge in [-0.1, -0.05) is 218 Å². The van der Waals surface area contributed by atoms with Crippen LogP contribution in [0.15, 0.2) is 24.3 Å².